The Bertz CT molecular complexity index is 683. The molecule has 0 spiro atoms. The summed E-state index contributed by atoms with van der Waals surface area (Å²) in [7, 11) is 1.65. The third-order valence-corrected chi connectivity index (χ3v) is 4.64. The molecule has 3 rings (SSSR count). The van der Waals surface area contributed by atoms with Gasteiger partial charge >= 0.3 is 0 Å². The van der Waals surface area contributed by atoms with E-state index in [9.17, 15) is 4.79 Å². The molecule has 0 radical (unpaired) electrons. The highest BCUT2D eigenvalue weighted by atomic mass is 16.5. The van der Waals surface area contributed by atoms with E-state index in [1.807, 2.05) is 35.7 Å². The van der Waals surface area contributed by atoms with Crippen LogP contribution in [0.15, 0.2) is 24.4 Å². The number of aryl methyl sites for hydroxylation is 1. The number of pyridine rings is 1. The Morgan fingerprint density at radius 1 is 1.43 bits per heavy atom. The summed E-state index contributed by atoms with van der Waals surface area (Å²) in [5, 5.41) is 6.35. The molecule has 2 aromatic heterocycles. The van der Waals surface area contributed by atoms with Gasteiger partial charge in [0.15, 0.2) is 0 Å². The van der Waals surface area contributed by atoms with E-state index in [0.717, 1.165) is 43.0 Å². The van der Waals surface area contributed by atoms with E-state index in [1.165, 1.54) is 0 Å². The van der Waals surface area contributed by atoms with Crippen molar-refractivity contribution in [2.75, 3.05) is 26.8 Å². The lowest BCUT2D eigenvalue weighted by Crippen LogP contribution is -2.50. The first kappa shape index (κ1) is 16.0. The third-order valence-electron chi connectivity index (χ3n) is 4.64. The summed E-state index contributed by atoms with van der Waals surface area (Å²) in [4.78, 5) is 17.3. The van der Waals surface area contributed by atoms with Crippen molar-refractivity contribution in [2.24, 2.45) is 5.41 Å². The van der Waals surface area contributed by atoms with Crippen molar-refractivity contribution in [3.05, 3.63) is 35.8 Å². The van der Waals surface area contributed by atoms with E-state index < -0.39 is 5.41 Å². The number of amides is 1. The minimum Gasteiger partial charge on any atom is -0.384 e. The standard InChI is InChI=1S/C17H24N4O2/c1-13-4-3-5-15-20-14(11-21(13)15)10-19-16(22)17(12-23-2)6-8-18-9-7-17/h3-5,11,18H,6-10,12H2,1-2H3,(H,19,22). The van der Waals surface area contributed by atoms with Crippen LogP contribution in [0.3, 0.4) is 0 Å². The fourth-order valence-electron chi connectivity index (χ4n) is 3.26. The van der Waals surface area contributed by atoms with Crippen LogP contribution in [-0.2, 0) is 16.1 Å². The molecule has 6 heteroatoms. The molecule has 0 aromatic carbocycles. The molecular weight excluding hydrogens is 292 g/mol. The number of carbonyl (C=O) groups excluding carboxylic acids is 1. The molecule has 6 nitrogen and oxygen atoms in total. The van der Waals surface area contributed by atoms with E-state index >= 15 is 0 Å². The summed E-state index contributed by atoms with van der Waals surface area (Å²) in [6.07, 6.45) is 3.59. The minimum atomic E-state index is -0.422. The molecule has 0 unspecified atom stereocenters. The Morgan fingerprint density at radius 2 is 2.22 bits per heavy atom. The van der Waals surface area contributed by atoms with Gasteiger partial charge in [0.25, 0.3) is 0 Å². The highest BCUT2D eigenvalue weighted by Gasteiger charge is 2.39. The van der Waals surface area contributed by atoms with Gasteiger partial charge in [0, 0.05) is 19.0 Å². The number of fused-ring (bicyclic) bond motifs is 1. The van der Waals surface area contributed by atoms with Gasteiger partial charge in [0.1, 0.15) is 5.65 Å². The Hall–Kier alpha value is -1.92. The van der Waals surface area contributed by atoms with Crippen molar-refractivity contribution in [1.82, 2.24) is 20.0 Å². The van der Waals surface area contributed by atoms with Gasteiger partial charge < -0.3 is 19.8 Å². The molecule has 0 saturated carbocycles. The van der Waals surface area contributed by atoms with Crippen LogP contribution >= 0.6 is 0 Å². The molecule has 3 heterocycles. The lowest BCUT2D eigenvalue weighted by Gasteiger charge is -2.35. The number of imidazole rings is 1. The second kappa shape index (κ2) is 6.68. The number of nitrogens with zero attached hydrogens (tertiary/aromatic N) is 2. The van der Waals surface area contributed by atoms with Crippen LogP contribution in [0.2, 0.25) is 0 Å². The number of methoxy groups -OCH3 is 1. The first-order valence-electron chi connectivity index (χ1n) is 8.06. The molecular formula is C17H24N4O2. The summed E-state index contributed by atoms with van der Waals surface area (Å²) in [6, 6.07) is 6.00. The van der Waals surface area contributed by atoms with E-state index in [4.69, 9.17) is 4.74 Å². The summed E-state index contributed by atoms with van der Waals surface area (Å²) in [5.41, 5.74) is 2.48. The number of piperidine rings is 1. The van der Waals surface area contributed by atoms with Crippen molar-refractivity contribution in [2.45, 2.75) is 26.3 Å². The zero-order valence-electron chi connectivity index (χ0n) is 13.8. The minimum absolute atomic E-state index is 0.0645. The number of carbonyl (C=O) groups is 1. The Kier molecular flexibility index (Phi) is 4.63. The van der Waals surface area contributed by atoms with Crippen LogP contribution in [0, 0.1) is 12.3 Å². The zero-order valence-corrected chi connectivity index (χ0v) is 13.8. The van der Waals surface area contributed by atoms with Gasteiger partial charge in [0.05, 0.1) is 24.3 Å². The quantitative estimate of drug-likeness (QED) is 0.872. The average Bonchev–Trinajstić information content (AvgIpc) is 2.98. The normalized spacial score (nSPS) is 17.3. The van der Waals surface area contributed by atoms with Crippen molar-refractivity contribution in [3.8, 4) is 0 Å². The van der Waals surface area contributed by atoms with Gasteiger partial charge in [-0.1, -0.05) is 6.07 Å². The molecule has 1 aliphatic heterocycles. The van der Waals surface area contributed by atoms with Gasteiger partial charge in [-0.3, -0.25) is 4.79 Å². The van der Waals surface area contributed by atoms with Gasteiger partial charge in [0.2, 0.25) is 5.91 Å². The van der Waals surface area contributed by atoms with Gasteiger partial charge in [-0.25, -0.2) is 4.98 Å². The number of hydrogen-bond acceptors (Lipinski definition) is 4. The third kappa shape index (κ3) is 3.23. The maximum Gasteiger partial charge on any atom is 0.228 e. The molecule has 2 N–H and O–H groups in total. The molecule has 124 valence electrons. The lowest BCUT2D eigenvalue weighted by atomic mass is 9.78. The predicted molar refractivity (Wildman–Crippen MR) is 88.2 cm³/mol. The maximum atomic E-state index is 12.7. The Balaban J connectivity index is 1.70. The SMILES string of the molecule is COCC1(C(=O)NCc2cn3c(C)cccc3n2)CCNCC1. The highest BCUT2D eigenvalue weighted by molar-refractivity contribution is 5.83. The zero-order chi connectivity index (χ0) is 16.3. The van der Waals surface area contributed by atoms with Gasteiger partial charge in [-0.15, -0.1) is 0 Å². The second-order valence-corrected chi connectivity index (χ2v) is 6.27. The summed E-state index contributed by atoms with van der Waals surface area (Å²) in [5.74, 6) is 0.0645. The van der Waals surface area contributed by atoms with E-state index in [-0.39, 0.29) is 5.91 Å². The molecule has 1 amide bonds. The molecule has 1 saturated heterocycles. The van der Waals surface area contributed by atoms with E-state index in [2.05, 4.69) is 15.6 Å². The Morgan fingerprint density at radius 3 is 2.91 bits per heavy atom. The molecule has 2 aromatic rings. The van der Waals surface area contributed by atoms with Crippen LogP contribution in [0.1, 0.15) is 24.2 Å². The molecule has 23 heavy (non-hydrogen) atoms. The van der Waals surface area contributed by atoms with Crippen molar-refractivity contribution < 1.29 is 9.53 Å². The van der Waals surface area contributed by atoms with Crippen molar-refractivity contribution in [3.63, 3.8) is 0 Å². The van der Waals surface area contributed by atoms with Crippen LogP contribution in [0.4, 0.5) is 0 Å². The molecule has 0 bridgehead atoms. The van der Waals surface area contributed by atoms with E-state index in [0.29, 0.717) is 13.2 Å². The Labute approximate surface area is 136 Å². The van der Waals surface area contributed by atoms with Crippen LogP contribution in [0.25, 0.3) is 5.65 Å². The number of nitrogens with one attached hydrogen (secondary N) is 2. The molecule has 0 atom stereocenters. The predicted octanol–water partition coefficient (Wildman–Crippen LogP) is 1.28. The second-order valence-electron chi connectivity index (χ2n) is 6.27. The fraction of sp³-hybridized carbons (Fsp3) is 0.529. The fourth-order valence-corrected chi connectivity index (χ4v) is 3.26. The van der Waals surface area contributed by atoms with Gasteiger partial charge in [-0.05, 0) is 45.0 Å². The topological polar surface area (TPSA) is 67.7 Å². The summed E-state index contributed by atoms with van der Waals surface area (Å²) >= 11 is 0. The van der Waals surface area contributed by atoms with Crippen LogP contribution < -0.4 is 10.6 Å². The molecule has 1 aliphatic rings. The first-order chi connectivity index (χ1) is 11.1. The molecule has 1 fully saturated rings. The number of hydrogen-bond donors (Lipinski definition) is 2. The number of aromatic nitrogens is 2. The summed E-state index contributed by atoms with van der Waals surface area (Å²) in [6.45, 7) is 4.65. The number of rotatable bonds is 5. The monoisotopic (exact) mass is 316 g/mol. The van der Waals surface area contributed by atoms with Crippen LogP contribution in [0.5, 0.6) is 0 Å². The van der Waals surface area contributed by atoms with Crippen molar-refractivity contribution >= 4 is 11.6 Å². The summed E-state index contributed by atoms with van der Waals surface area (Å²) < 4.78 is 7.35. The molecule has 0 aliphatic carbocycles. The first-order valence-corrected chi connectivity index (χ1v) is 8.06. The van der Waals surface area contributed by atoms with Gasteiger partial charge in [-0.2, -0.15) is 0 Å². The number of ether oxygens (including phenoxy) is 1. The smallest absolute Gasteiger partial charge is 0.228 e. The largest absolute Gasteiger partial charge is 0.384 e. The van der Waals surface area contributed by atoms with Crippen LogP contribution in [-0.4, -0.2) is 42.1 Å². The maximum absolute atomic E-state index is 12.7. The average molecular weight is 316 g/mol. The van der Waals surface area contributed by atoms with E-state index in [1.54, 1.807) is 7.11 Å². The lowest BCUT2D eigenvalue weighted by molar-refractivity contribution is -0.136. The highest BCUT2D eigenvalue weighted by Crippen LogP contribution is 2.29. The van der Waals surface area contributed by atoms with Crippen molar-refractivity contribution in [1.29, 1.82) is 0 Å².